The number of nitrogens with zero attached hydrogens (tertiary/aromatic N) is 1. The summed E-state index contributed by atoms with van der Waals surface area (Å²) in [6.45, 7) is 3.75. The van der Waals surface area contributed by atoms with Crippen LogP contribution in [0.3, 0.4) is 0 Å². The minimum atomic E-state index is -0.725. The molecule has 0 aromatic rings. The van der Waals surface area contributed by atoms with E-state index in [1.165, 1.54) is 0 Å². The van der Waals surface area contributed by atoms with Gasteiger partial charge in [-0.3, -0.25) is 9.59 Å². The highest BCUT2D eigenvalue weighted by atomic mass is 16.5. The van der Waals surface area contributed by atoms with Crippen molar-refractivity contribution in [1.82, 2.24) is 5.43 Å². The van der Waals surface area contributed by atoms with Crippen molar-refractivity contribution in [2.45, 2.75) is 20.3 Å². The fourth-order valence-electron chi connectivity index (χ4n) is 1.10. The highest BCUT2D eigenvalue weighted by Crippen LogP contribution is 2.11. The summed E-state index contributed by atoms with van der Waals surface area (Å²) in [6.07, 6.45) is 0.352. The lowest BCUT2D eigenvalue weighted by Gasteiger charge is -2.17. The second kappa shape index (κ2) is 4.02. The quantitative estimate of drug-likeness (QED) is 0.487. The van der Waals surface area contributed by atoms with E-state index < -0.39 is 11.9 Å². The Hall–Kier alpha value is -1.39. The molecular weight excluding hydrogens is 172 g/mol. The molecule has 0 spiro atoms. The Balaban J connectivity index is 2.64. The summed E-state index contributed by atoms with van der Waals surface area (Å²) in [4.78, 5) is 22.4. The summed E-state index contributed by atoms with van der Waals surface area (Å²) in [7, 11) is 0. The number of carbonyl (C=O) groups excluding carboxylic acids is 2. The molecule has 0 fully saturated rings. The number of hydrogen-bond donors (Lipinski definition) is 1. The predicted molar refractivity (Wildman–Crippen MR) is 46.0 cm³/mol. The Bertz CT molecular complexity index is 260. The van der Waals surface area contributed by atoms with Gasteiger partial charge in [-0.2, -0.15) is 5.10 Å². The van der Waals surface area contributed by atoms with Crippen LogP contribution in [0.1, 0.15) is 20.3 Å². The van der Waals surface area contributed by atoms with E-state index >= 15 is 0 Å². The van der Waals surface area contributed by atoms with Gasteiger partial charge >= 0.3 is 5.97 Å². The predicted octanol–water partition coefficient (Wildman–Crippen LogP) is 0.0615. The van der Waals surface area contributed by atoms with Gasteiger partial charge < -0.3 is 4.74 Å². The summed E-state index contributed by atoms with van der Waals surface area (Å²) in [5, 5.41) is 3.71. The Morgan fingerprint density at radius 2 is 2.46 bits per heavy atom. The van der Waals surface area contributed by atoms with Crippen LogP contribution in [0, 0.1) is 5.92 Å². The van der Waals surface area contributed by atoms with Crippen molar-refractivity contribution in [1.29, 1.82) is 0 Å². The van der Waals surface area contributed by atoms with Crippen molar-refractivity contribution in [2.75, 3.05) is 6.61 Å². The molecular formula is C8H12N2O3. The van der Waals surface area contributed by atoms with Crippen molar-refractivity contribution in [3.8, 4) is 0 Å². The maximum absolute atomic E-state index is 11.2. The van der Waals surface area contributed by atoms with Crippen LogP contribution in [0.15, 0.2) is 5.10 Å². The first kappa shape index (κ1) is 9.70. The smallest absolute Gasteiger partial charge is 0.318 e. The van der Waals surface area contributed by atoms with Crippen LogP contribution >= 0.6 is 0 Å². The zero-order valence-electron chi connectivity index (χ0n) is 7.66. The average molecular weight is 184 g/mol. The second-order valence-corrected chi connectivity index (χ2v) is 2.83. The lowest BCUT2D eigenvalue weighted by molar-refractivity contribution is -0.152. The van der Waals surface area contributed by atoms with E-state index in [4.69, 9.17) is 4.74 Å². The highest BCUT2D eigenvalue weighted by molar-refractivity contribution is 6.04. The summed E-state index contributed by atoms with van der Waals surface area (Å²) in [5.41, 5.74) is 3.00. The molecule has 1 rings (SSSR count). The molecule has 5 nitrogen and oxygen atoms in total. The maximum Gasteiger partial charge on any atom is 0.318 e. The topological polar surface area (TPSA) is 67.8 Å². The largest absolute Gasteiger partial charge is 0.465 e. The Labute approximate surface area is 76.1 Å². The van der Waals surface area contributed by atoms with E-state index in [9.17, 15) is 9.59 Å². The molecule has 1 aliphatic heterocycles. The molecule has 13 heavy (non-hydrogen) atoms. The molecule has 1 N–H and O–H groups in total. The number of nitrogens with one attached hydrogen (secondary N) is 1. The van der Waals surface area contributed by atoms with Crippen LogP contribution in [-0.2, 0) is 14.3 Å². The van der Waals surface area contributed by atoms with Gasteiger partial charge in [-0.1, -0.05) is 0 Å². The molecule has 0 saturated heterocycles. The second-order valence-electron chi connectivity index (χ2n) is 2.83. The van der Waals surface area contributed by atoms with E-state index in [0.29, 0.717) is 13.0 Å². The first-order valence-electron chi connectivity index (χ1n) is 4.14. The van der Waals surface area contributed by atoms with Crippen LogP contribution in [0.2, 0.25) is 0 Å². The molecule has 0 aromatic heterocycles. The Kier molecular flexibility index (Phi) is 3.00. The summed E-state index contributed by atoms with van der Waals surface area (Å²) >= 11 is 0. The van der Waals surface area contributed by atoms with Crippen LogP contribution in [0.5, 0.6) is 0 Å². The van der Waals surface area contributed by atoms with Gasteiger partial charge in [-0.05, 0) is 13.8 Å². The standard InChI is InChI=1S/C8H12N2O3/c1-3-13-8(12)6-4-5(2)9-10-7(6)11/h6H,3-4H2,1-2H3,(H,10,11). The number of carbonyl (C=O) groups is 2. The number of hydrazone groups is 1. The number of rotatable bonds is 2. The lowest BCUT2D eigenvalue weighted by atomic mass is 10.0. The van der Waals surface area contributed by atoms with E-state index in [2.05, 4.69) is 10.5 Å². The molecule has 0 aliphatic carbocycles. The third kappa shape index (κ3) is 2.27. The van der Waals surface area contributed by atoms with Gasteiger partial charge in [-0.15, -0.1) is 0 Å². The highest BCUT2D eigenvalue weighted by Gasteiger charge is 2.31. The van der Waals surface area contributed by atoms with Crippen molar-refractivity contribution in [3.63, 3.8) is 0 Å². The third-order valence-corrected chi connectivity index (χ3v) is 1.74. The monoisotopic (exact) mass is 184 g/mol. The fraction of sp³-hybridized carbons (Fsp3) is 0.625. The molecule has 5 heteroatoms. The van der Waals surface area contributed by atoms with Gasteiger partial charge in [0.1, 0.15) is 5.92 Å². The average Bonchev–Trinajstić information content (AvgIpc) is 2.09. The van der Waals surface area contributed by atoms with Crippen LogP contribution in [-0.4, -0.2) is 24.2 Å². The molecule has 1 amide bonds. The minimum Gasteiger partial charge on any atom is -0.465 e. The fourth-order valence-corrected chi connectivity index (χ4v) is 1.10. The van der Waals surface area contributed by atoms with Crippen molar-refractivity contribution < 1.29 is 14.3 Å². The van der Waals surface area contributed by atoms with E-state index in [1.807, 2.05) is 0 Å². The molecule has 1 aliphatic rings. The Morgan fingerprint density at radius 3 is 3.08 bits per heavy atom. The normalized spacial score (nSPS) is 21.8. The van der Waals surface area contributed by atoms with Crippen LogP contribution < -0.4 is 5.43 Å². The molecule has 0 saturated carbocycles. The molecule has 0 radical (unpaired) electrons. The van der Waals surface area contributed by atoms with Crippen molar-refractivity contribution in [3.05, 3.63) is 0 Å². The van der Waals surface area contributed by atoms with Gasteiger partial charge in [-0.25, -0.2) is 5.43 Å². The lowest BCUT2D eigenvalue weighted by Crippen LogP contribution is -2.39. The molecule has 72 valence electrons. The maximum atomic E-state index is 11.2. The van der Waals surface area contributed by atoms with Gasteiger partial charge in [0, 0.05) is 12.1 Å². The van der Waals surface area contributed by atoms with Crippen LogP contribution in [0.25, 0.3) is 0 Å². The number of esters is 1. The zero-order chi connectivity index (χ0) is 9.84. The van der Waals surface area contributed by atoms with E-state index in [-0.39, 0.29) is 5.91 Å². The Morgan fingerprint density at radius 1 is 1.77 bits per heavy atom. The minimum absolute atomic E-state index is 0.290. The summed E-state index contributed by atoms with van der Waals surface area (Å²) in [5.74, 6) is -1.59. The molecule has 0 aromatic carbocycles. The van der Waals surface area contributed by atoms with E-state index in [1.54, 1.807) is 13.8 Å². The molecule has 1 heterocycles. The van der Waals surface area contributed by atoms with Gasteiger partial charge in [0.15, 0.2) is 0 Å². The summed E-state index contributed by atoms with van der Waals surface area (Å²) in [6, 6.07) is 0. The number of ether oxygens (including phenoxy) is 1. The van der Waals surface area contributed by atoms with Gasteiger partial charge in [0.25, 0.3) is 5.91 Å². The molecule has 0 bridgehead atoms. The van der Waals surface area contributed by atoms with Crippen LogP contribution in [0.4, 0.5) is 0 Å². The molecule has 1 atom stereocenters. The first-order valence-corrected chi connectivity index (χ1v) is 4.14. The van der Waals surface area contributed by atoms with Gasteiger partial charge in [0.05, 0.1) is 6.61 Å². The molecule has 1 unspecified atom stereocenters. The summed E-state index contributed by atoms with van der Waals surface area (Å²) < 4.78 is 4.75. The third-order valence-electron chi connectivity index (χ3n) is 1.74. The number of amides is 1. The van der Waals surface area contributed by atoms with E-state index in [0.717, 1.165) is 5.71 Å². The zero-order valence-corrected chi connectivity index (χ0v) is 7.66. The van der Waals surface area contributed by atoms with Crippen molar-refractivity contribution in [2.24, 2.45) is 11.0 Å². The van der Waals surface area contributed by atoms with Gasteiger partial charge in [0.2, 0.25) is 0 Å². The first-order chi connectivity index (χ1) is 6.15. The van der Waals surface area contributed by atoms with Crippen molar-refractivity contribution >= 4 is 17.6 Å². The number of hydrogen-bond acceptors (Lipinski definition) is 4. The SMILES string of the molecule is CCOC(=O)C1CC(C)=NNC1=O.